The normalized spacial score (nSPS) is 11.0. The van der Waals surface area contributed by atoms with E-state index in [1.54, 1.807) is 0 Å². The number of amides is 1. The highest BCUT2D eigenvalue weighted by molar-refractivity contribution is 5.92. The van der Waals surface area contributed by atoms with Gasteiger partial charge in [-0.05, 0) is 42.6 Å². The van der Waals surface area contributed by atoms with Gasteiger partial charge >= 0.3 is 0 Å². The summed E-state index contributed by atoms with van der Waals surface area (Å²) < 4.78 is 7.56. The molecule has 0 bridgehead atoms. The van der Waals surface area contributed by atoms with E-state index >= 15 is 0 Å². The molecule has 0 radical (unpaired) electrons. The summed E-state index contributed by atoms with van der Waals surface area (Å²) in [5.74, 6) is 1.02. The van der Waals surface area contributed by atoms with Crippen LogP contribution in [-0.2, 0) is 17.8 Å². The number of hydrogen-bond donors (Lipinski definition) is 1. The minimum atomic E-state index is -0.0761. The van der Waals surface area contributed by atoms with Crippen molar-refractivity contribution in [2.24, 2.45) is 0 Å². The van der Waals surface area contributed by atoms with E-state index in [4.69, 9.17) is 4.42 Å². The molecule has 4 rings (SSSR count). The van der Waals surface area contributed by atoms with Crippen LogP contribution in [0.1, 0.15) is 18.4 Å². The Morgan fingerprint density at radius 2 is 1.93 bits per heavy atom. The predicted octanol–water partition coefficient (Wildman–Crippen LogP) is 4.20. The van der Waals surface area contributed by atoms with Crippen molar-refractivity contribution in [2.75, 3.05) is 5.32 Å². The van der Waals surface area contributed by atoms with Gasteiger partial charge in [-0.3, -0.25) is 4.79 Å². The van der Waals surface area contributed by atoms with Gasteiger partial charge in [0.05, 0.1) is 0 Å². The van der Waals surface area contributed by atoms with E-state index < -0.39 is 0 Å². The molecule has 0 aliphatic carbocycles. The first-order valence-electron chi connectivity index (χ1n) is 8.90. The summed E-state index contributed by atoms with van der Waals surface area (Å²) in [7, 11) is 0. The number of fused-ring (bicyclic) bond motifs is 1. The smallest absolute Gasteiger partial charge is 0.247 e. The third-order valence-corrected chi connectivity index (χ3v) is 4.44. The zero-order chi connectivity index (χ0) is 18.8. The zero-order valence-electron chi connectivity index (χ0n) is 15.3. The number of aryl methyl sites for hydroxylation is 2. The van der Waals surface area contributed by atoms with Gasteiger partial charge in [0.15, 0.2) is 0 Å². The number of nitrogens with zero attached hydrogens (tertiary/aromatic N) is 3. The van der Waals surface area contributed by atoms with Crippen LogP contribution in [0.15, 0.2) is 59.1 Å². The van der Waals surface area contributed by atoms with Gasteiger partial charge in [-0.25, -0.2) is 0 Å². The lowest BCUT2D eigenvalue weighted by Crippen LogP contribution is -2.18. The summed E-state index contributed by atoms with van der Waals surface area (Å²) in [4.78, 5) is 12.4. The Morgan fingerprint density at radius 1 is 1.11 bits per heavy atom. The Labute approximate surface area is 156 Å². The van der Waals surface area contributed by atoms with E-state index in [1.165, 1.54) is 0 Å². The second kappa shape index (κ2) is 7.07. The maximum Gasteiger partial charge on any atom is 0.247 e. The molecule has 2 heterocycles. The van der Waals surface area contributed by atoms with Crippen LogP contribution in [0.5, 0.6) is 0 Å². The van der Waals surface area contributed by atoms with Crippen LogP contribution in [0.25, 0.3) is 22.4 Å². The fraction of sp³-hybridized carbons (Fsp3) is 0.190. The van der Waals surface area contributed by atoms with E-state index in [2.05, 4.69) is 15.5 Å². The quantitative estimate of drug-likeness (QED) is 0.579. The summed E-state index contributed by atoms with van der Waals surface area (Å²) in [6.07, 6.45) is 2.61. The highest BCUT2D eigenvalue weighted by Gasteiger charge is 2.11. The average Bonchev–Trinajstić information content (AvgIpc) is 3.30. The lowest BCUT2D eigenvalue weighted by molar-refractivity contribution is -0.116. The molecule has 1 amide bonds. The van der Waals surface area contributed by atoms with Crippen molar-refractivity contribution in [3.05, 3.63) is 66.2 Å². The average molecular weight is 360 g/mol. The van der Waals surface area contributed by atoms with Crippen molar-refractivity contribution >= 4 is 22.5 Å². The van der Waals surface area contributed by atoms with Gasteiger partial charge in [-0.1, -0.05) is 30.7 Å². The standard InChI is InChI=1S/C21H20N4O2/c1-3-20-23-24-21(27-20)16-7-6-15-10-11-25(18(15)12-16)13-19(26)22-17-8-4-14(2)5-9-17/h4-12H,3,13H2,1-2H3,(H,22,26). The summed E-state index contributed by atoms with van der Waals surface area (Å²) in [6.45, 7) is 4.21. The van der Waals surface area contributed by atoms with Crippen LogP contribution in [0.4, 0.5) is 5.69 Å². The van der Waals surface area contributed by atoms with Gasteiger partial charge in [0, 0.05) is 29.4 Å². The first-order valence-corrected chi connectivity index (χ1v) is 8.90. The van der Waals surface area contributed by atoms with E-state index in [-0.39, 0.29) is 12.5 Å². The molecule has 0 unspecified atom stereocenters. The van der Waals surface area contributed by atoms with Crippen LogP contribution in [0, 0.1) is 6.92 Å². The van der Waals surface area contributed by atoms with Gasteiger partial charge in [0.25, 0.3) is 0 Å². The molecule has 0 aliphatic heterocycles. The molecule has 6 nitrogen and oxygen atoms in total. The van der Waals surface area contributed by atoms with Crippen LogP contribution in [0.3, 0.4) is 0 Å². The summed E-state index contributed by atoms with van der Waals surface area (Å²) >= 11 is 0. The lowest BCUT2D eigenvalue weighted by Gasteiger charge is -2.08. The molecule has 2 aromatic heterocycles. The topological polar surface area (TPSA) is 73.0 Å². The van der Waals surface area contributed by atoms with Crippen molar-refractivity contribution < 1.29 is 9.21 Å². The second-order valence-corrected chi connectivity index (χ2v) is 6.49. The summed E-state index contributed by atoms with van der Waals surface area (Å²) in [5.41, 5.74) is 3.74. The molecule has 0 spiro atoms. The van der Waals surface area contributed by atoms with Crippen molar-refractivity contribution in [1.29, 1.82) is 0 Å². The molecule has 0 aliphatic rings. The van der Waals surface area contributed by atoms with Crippen LogP contribution < -0.4 is 5.32 Å². The first-order chi connectivity index (χ1) is 13.1. The second-order valence-electron chi connectivity index (χ2n) is 6.49. The van der Waals surface area contributed by atoms with E-state index in [0.29, 0.717) is 18.2 Å². The van der Waals surface area contributed by atoms with E-state index in [1.807, 2.05) is 73.1 Å². The number of rotatable bonds is 5. The molecule has 27 heavy (non-hydrogen) atoms. The lowest BCUT2D eigenvalue weighted by atomic mass is 10.1. The molecule has 136 valence electrons. The first kappa shape index (κ1) is 17.0. The number of carbonyl (C=O) groups excluding carboxylic acids is 1. The van der Waals surface area contributed by atoms with Crippen molar-refractivity contribution in [3.63, 3.8) is 0 Å². The zero-order valence-corrected chi connectivity index (χ0v) is 15.3. The Morgan fingerprint density at radius 3 is 2.67 bits per heavy atom. The maximum atomic E-state index is 12.4. The SMILES string of the molecule is CCc1nnc(-c2ccc3ccn(CC(=O)Nc4ccc(C)cc4)c3c2)o1. The third kappa shape index (κ3) is 3.60. The fourth-order valence-corrected chi connectivity index (χ4v) is 2.96. The maximum absolute atomic E-state index is 12.4. The van der Waals surface area contributed by atoms with Gasteiger partial charge < -0.3 is 14.3 Å². The number of carbonyl (C=O) groups is 1. The van der Waals surface area contributed by atoms with Crippen molar-refractivity contribution in [3.8, 4) is 11.5 Å². The van der Waals surface area contributed by atoms with Gasteiger partial charge in [-0.2, -0.15) is 0 Å². The third-order valence-electron chi connectivity index (χ3n) is 4.44. The number of aromatic nitrogens is 3. The van der Waals surface area contributed by atoms with Gasteiger partial charge in [0.2, 0.25) is 17.7 Å². The number of anilines is 1. The predicted molar refractivity (Wildman–Crippen MR) is 104 cm³/mol. The highest BCUT2D eigenvalue weighted by Crippen LogP contribution is 2.24. The Hall–Kier alpha value is -3.41. The molecule has 1 N–H and O–H groups in total. The number of hydrogen-bond acceptors (Lipinski definition) is 4. The van der Waals surface area contributed by atoms with Crippen LogP contribution in [-0.4, -0.2) is 20.7 Å². The van der Waals surface area contributed by atoms with Crippen molar-refractivity contribution in [1.82, 2.24) is 14.8 Å². The molecule has 0 fully saturated rings. The highest BCUT2D eigenvalue weighted by atomic mass is 16.4. The largest absolute Gasteiger partial charge is 0.421 e. The minimum Gasteiger partial charge on any atom is -0.421 e. The molecule has 2 aromatic carbocycles. The van der Waals surface area contributed by atoms with Crippen molar-refractivity contribution in [2.45, 2.75) is 26.8 Å². The summed E-state index contributed by atoms with van der Waals surface area (Å²) in [5, 5.41) is 12.1. The Kier molecular flexibility index (Phi) is 4.46. The Balaban J connectivity index is 1.57. The van der Waals surface area contributed by atoms with Gasteiger partial charge in [0.1, 0.15) is 6.54 Å². The number of nitrogens with one attached hydrogen (secondary N) is 1. The van der Waals surface area contributed by atoms with E-state index in [0.717, 1.165) is 27.7 Å². The molecule has 0 atom stereocenters. The van der Waals surface area contributed by atoms with Crippen LogP contribution >= 0.6 is 0 Å². The Bertz CT molecular complexity index is 1090. The van der Waals surface area contributed by atoms with E-state index in [9.17, 15) is 4.79 Å². The van der Waals surface area contributed by atoms with Gasteiger partial charge in [-0.15, -0.1) is 10.2 Å². The molecule has 0 saturated carbocycles. The minimum absolute atomic E-state index is 0.0761. The molecule has 6 heteroatoms. The van der Waals surface area contributed by atoms with Crippen LogP contribution in [0.2, 0.25) is 0 Å². The summed E-state index contributed by atoms with van der Waals surface area (Å²) in [6, 6.07) is 15.7. The molecular formula is C21H20N4O2. The molecular weight excluding hydrogens is 340 g/mol. The fourth-order valence-electron chi connectivity index (χ4n) is 2.96. The number of benzene rings is 2. The monoisotopic (exact) mass is 360 g/mol. The molecule has 4 aromatic rings. The molecule has 0 saturated heterocycles.